The van der Waals surface area contributed by atoms with E-state index in [0.717, 1.165) is 33.9 Å². The van der Waals surface area contributed by atoms with Crippen LogP contribution >= 0.6 is 11.6 Å². The summed E-state index contributed by atoms with van der Waals surface area (Å²) in [6.07, 6.45) is 3.70. The largest absolute Gasteiger partial charge is 0.457 e. The first-order valence-electron chi connectivity index (χ1n) is 20.0. The summed E-state index contributed by atoms with van der Waals surface area (Å²) in [5.41, 5.74) is 7.15. The highest BCUT2D eigenvalue weighted by Gasteiger charge is 2.23. The lowest BCUT2D eigenvalue weighted by Gasteiger charge is -2.11. The van der Waals surface area contributed by atoms with Gasteiger partial charge in [-0.3, -0.25) is 8.80 Å². The van der Waals surface area contributed by atoms with Gasteiger partial charge in [-0.2, -0.15) is 5.26 Å². The molecule has 8 rings (SSSR count). The molecule has 0 bridgehead atoms. The Morgan fingerprint density at radius 3 is 1.52 bits per heavy atom. The van der Waals surface area contributed by atoms with Gasteiger partial charge in [0.25, 0.3) is 0 Å². The minimum absolute atomic E-state index is 0.0247. The Bertz CT molecular complexity index is 3230. The van der Waals surface area contributed by atoms with Crippen LogP contribution in [0.5, 0.6) is 23.0 Å². The first kappa shape index (κ1) is 42.2. The number of nitriles is 1. The van der Waals surface area contributed by atoms with Gasteiger partial charge in [0.1, 0.15) is 29.1 Å². The Balaban J connectivity index is 0.906. The number of rotatable bonds is 14. The molecule has 0 saturated carbocycles. The van der Waals surface area contributed by atoms with Crippen LogP contribution in [0.3, 0.4) is 0 Å². The molecule has 0 aliphatic carbocycles. The maximum absolute atomic E-state index is 13.5. The predicted octanol–water partition coefficient (Wildman–Crippen LogP) is 11.3. The number of ether oxygens (including phenoxy) is 2. The van der Waals surface area contributed by atoms with Gasteiger partial charge < -0.3 is 9.47 Å². The Morgan fingerprint density at radius 1 is 0.597 bits per heavy atom. The maximum Gasteiger partial charge on any atom is 0.178 e. The zero-order valence-electron chi connectivity index (χ0n) is 34.4. The minimum Gasteiger partial charge on any atom is -0.457 e. The first-order chi connectivity index (χ1) is 29.7. The molecule has 0 N–H and O–H groups in total. The smallest absolute Gasteiger partial charge is 0.178 e. The third kappa shape index (κ3) is 8.54. The van der Waals surface area contributed by atoms with E-state index in [0.29, 0.717) is 44.9 Å². The van der Waals surface area contributed by atoms with E-state index in [2.05, 4.69) is 33.8 Å². The van der Waals surface area contributed by atoms with Crippen molar-refractivity contribution in [3.8, 4) is 51.6 Å². The average Bonchev–Trinajstić information content (AvgIpc) is 3.86. The summed E-state index contributed by atoms with van der Waals surface area (Å²) >= 11 is 6.45. The molecular weight excluding hydrogens is 842 g/mol. The van der Waals surface area contributed by atoms with Crippen molar-refractivity contribution in [2.24, 2.45) is 0 Å². The number of imidazole rings is 2. The fourth-order valence-corrected chi connectivity index (χ4v) is 10.4. The molecule has 0 aliphatic heterocycles. The van der Waals surface area contributed by atoms with Crippen LogP contribution in [0.4, 0.5) is 0 Å². The fourth-order valence-electron chi connectivity index (χ4n) is 7.37. The zero-order valence-corrected chi connectivity index (χ0v) is 36.7. The van der Waals surface area contributed by atoms with E-state index < -0.39 is 19.7 Å². The molecule has 0 aliphatic rings. The van der Waals surface area contributed by atoms with Gasteiger partial charge in [-0.25, -0.2) is 26.8 Å². The van der Waals surface area contributed by atoms with Crippen molar-refractivity contribution in [1.82, 2.24) is 18.8 Å². The molecule has 4 aromatic heterocycles. The van der Waals surface area contributed by atoms with Gasteiger partial charge in [-0.05, 0) is 127 Å². The molecule has 0 atom stereocenters. The third-order valence-corrected chi connectivity index (χ3v) is 14.3. The van der Waals surface area contributed by atoms with Crippen LogP contribution in [0.25, 0.3) is 33.8 Å². The van der Waals surface area contributed by atoms with Crippen LogP contribution in [0.2, 0.25) is 5.02 Å². The van der Waals surface area contributed by atoms with Crippen LogP contribution < -0.4 is 9.47 Å². The highest BCUT2D eigenvalue weighted by Crippen LogP contribution is 2.36. The molecule has 0 radical (unpaired) electrons. The molecular formula is C48H42ClN5O6S2. The van der Waals surface area contributed by atoms with Crippen LogP contribution in [0.1, 0.15) is 62.9 Å². The SMILES string of the molecule is CC(C)c1nc2c(Cl)cccn2c1-c1ccc(Oc2cccc(S(=O)(=O)CCCS(=O)(=O)c3cccc(Oc4ccc(-c5c(C(C)C)nc6c(C#N)cccn56)cc4)c3)c2)cc1. The molecule has 314 valence electrons. The maximum atomic E-state index is 13.5. The first-order valence-corrected chi connectivity index (χ1v) is 23.7. The lowest BCUT2D eigenvalue weighted by Crippen LogP contribution is -2.13. The number of nitrogens with zero attached hydrogens (tertiary/aromatic N) is 5. The summed E-state index contributed by atoms with van der Waals surface area (Å²) in [5.74, 6) is 1.14. The second-order valence-electron chi connectivity index (χ2n) is 15.5. The standard InChI is InChI=1S/C48H42ClN5O6S2/c1-31(2)43-45(53-24-7-10-35(30-50)47(53)51-43)33-16-20-36(21-17-33)59-38-11-5-13-40(28-38)61(55,56)26-9-27-62(57,58)41-14-6-12-39(29-41)60-37-22-18-34(19-23-37)46-44(32(3)4)52-48-42(49)15-8-25-54(46)48/h5-8,10-25,28-29,31-32H,9,26-27H2,1-4H3. The van der Waals surface area contributed by atoms with Crippen LogP contribution in [-0.4, -0.2) is 47.1 Å². The van der Waals surface area contributed by atoms with Crippen molar-refractivity contribution >= 4 is 42.6 Å². The van der Waals surface area contributed by atoms with Gasteiger partial charge in [-0.15, -0.1) is 0 Å². The Labute approximate surface area is 365 Å². The van der Waals surface area contributed by atoms with E-state index in [4.69, 9.17) is 31.0 Å². The molecule has 0 saturated heterocycles. The van der Waals surface area contributed by atoms with E-state index in [-0.39, 0.29) is 39.6 Å². The number of aromatic nitrogens is 4. The molecule has 8 aromatic rings. The highest BCUT2D eigenvalue weighted by atomic mass is 35.5. The molecule has 62 heavy (non-hydrogen) atoms. The minimum atomic E-state index is -3.86. The molecule has 14 heteroatoms. The van der Waals surface area contributed by atoms with Crippen molar-refractivity contribution in [3.05, 3.63) is 156 Å². The number of fused-ring (bicyclic) bond motifs is 2. The second-order valence-corrected chi connectivity index (χ2v) is 20.1. The normalized spacial score (nSPS) is 12.0. The van der Waals surface area contributed by atoms with Crippen LogP contribution in [0, 0.1) is 11.3 Å². The second kappa shape index (κ2) is 17.1. The third-order valence-electron chi connectivity index (χ3n) is 10.4. The van der Waals surface area contributed by atoms with Crippen LogP contribution in [0.15, 0.2) is 144 Å². The number of halogens is 1. The van der Waals surface area contributed by atoms with Gasteiger partial charge in [0.2, 0.25) is 0 Å². The predicted molar refractivity (Wildman–Crippen MR) is 241 cm³/mol. The quantitative estimate of drug-likeness (QED) is 0.104. The van der Waals surface area contributed by atoms with E-state index in [9.17, 15) is 22.1 Å². The van der Waals surface area contributed by atoms with E-state index in [1.807, 2.05) is 75.8 Å². The van der Waals surface area contributed by atoms with Gasteiger partial charge in [0.05, 0.1) is 54.7 Å². The topological polar surface area (TPSA) is 145 Å². The van der Waals surface area contributed by atoms with Crippen molar-refractivity contribution in [1.29, 1.82) is 5.26 Å². The number of hydrogen-bond acceptors (Lipinski definition) is 9. The van der Waals surface area contributed by atoms with Gasteiger partial charge in [0.15, 0.2) is 31.0 Å². The molecule has 0 fully saturated rings. The summed E-state index contributed by atoms with van der Waals surface area (Å²) in [7, 11) is -7.72. The summed E-state index contributed by atoms with van der Waals surface area (Å²) in [6, 6.07) is 36.6. The molecule has 4 aromatic carbocycles. The molecule has 0 spiro atoms. The van der Waals surface area contributed by atoms with Crippen LogP contribution in [-0.2, 0) is 19.7 Å². The van der Waals surface area contributed by atoms with Gasteiger partial charge in [0, 0.05) is 23.5 Å². The van der Waals surface area contributed by atoms with Crippen molar-refractivity contribution < 1.29 is 26.3 Å². The molecule has 0 amide bonds. The Kier molecular flexibility index (Phi) is 11.7. The van der Waals surface area contributed by atoms with E-state index in [1.54, 1.807) is 42.5 Å². The number of benzene rings is 4. The average molecular weight is 884 g/mol. The van der Waals surface area contributed by atoms with Crippen molar-refractivity contribution in [3.63, 3.8) is 0 Å². The number of hydrogen-bond donors (Lipinski definition) is 0. The van der Waals surface area contributed by atoms with E-state index in [1.165, 1.54) is 24.3 Å². The lowest BCUT2D eigenvalue weighted by atomic mass is 10.0. The van der Waals surface area contributed by atoms with Crippen molar-refractivity contribution in [2.45, 2.75) is 55.7 Å². The van der Waals surface area contributed by atoms with Crippen molar-refractivity contribution in [2.75, 3.05) is 11.5 Å². The molecule has 11 nitrogen and oxygen atoms in total. The van der Waals surface area contributed by atoms with E-state index >= 15 is 0 Å². The monoisotopic (exact) mass is 883 g/mol. The number of sulfone groups is 2. The number of pyridine rings is 2. The Morgan fingerprint density at radius 2 is 1.05 bits per heavy atom. The molecule has 4 heterocycles. The zero-order chi connectivity index (χ0) is 43.8. The summed E-state index contributed by atoms with van der Waals surface area (Å²) in [4.78, 5) is 9.63. The highest BCUT2D eigenvalue weighted by molar-refractivity contribution is 7.92. The summed E-state index contributed by atoms with van der Waals surface area (Å²) < 4.78 is 69.8. The van der Waals surface area contributed by atoms with Gasteiger partial charge >= 0.3 is 0 Å². The molecule has 0 unspecified atom stereocenters. The fraction of sp³-hybridized carbons (Fsp3) is 0.188. The summed E-state index contributed by atoms with van der Waals surface area (Å²) in [6.45, 7) is 8.26. The lowest BCUT2D eigenvalue weighted by molar-refractivity contribution is 0.480. The van der Waals surface area contributed by atoms with Gasteiger partial charge in [-0.1, -0.05) is 51.4 Å². The summed E-state index contributed by atoms with van der Waals surface area (Å²) in [5, 5.41) is 10.2. The Hall–Kier alpha value is -6.46.